The van der Waals surface area contributed by atoms with Crippen LogP contribution in [0.2, 0.25) is 0 Å². The fraction of sp³-hybridized carbons (Fsp3) is 0.391. The summed E-state index contributed by atoms with van der Waals surface area (Å²) in [7, 11) is 1.67. The van der Waals surface area contributed by atoms with Gasteiger partial charge in [0, 0.05) is 36.6 Å². The van der Waals surface area contributed by atoms with Crippen LogP contribution in [0.3, 0.4) is 0 Å². The van der Waals surface area contributed by atoms with Gasteiger partial charge in [0.15, 0.2) is 11.0 Å². The maximum absolute atomic E-state index is 12.7. The molecule has 7 nitrogen and oxygen atoms in total. The fourth-order valence-corrected chi connectivity index (χ4v) is 4.57. The summed E-state index contributed by atoms with van der Waals surface area (Å²) in [4.78, 5) is 18.8. The summed E-state index contributed by atoms with van der Waals surface area (Å²) in [5.74, 6) is 2.77. The summed E-state index contributed by atoms with van der Waals surface area (Å²) < 4.78 is 7.58. The first kappa shape index (κ1) is 21.4. The maximum atomic E-state index is 12.7. The third kappa shape index (κ3) is 5.07. The van der Waals surface area contributed by atoms with Crippen LogP contribution in [0.15, 0.2) is 53.9 Å². The van der Waals surface area contributed by atoms with E-state index >= 15 is 0 Å². The molecule has 8 heteroatoms. The third-order valence-corrected chi connectivity index (χ3v) is 6.59. The summed E-state index contributed by atoms with van der Waals surface area (Å²) in [6.45, 7) is 4.48. The van der Waals surface area contributed by atoms with Crippen LogP contribution in [-0.2, 0) is 11.3 Å². The van der Waals surface area contributed by atoms with Gasteiger partial charge in [-0.05, 0) is 37.0 Å². The highest BCUT2D eigenvalue weighted by molar-refractivity contribution is 7.99. The highest BCUT2D eigenvalue weighted by atomic mass is 32.2. The van der Waals surface area contributed by atoms with Crippen LogP contribution in [0, 0.1) is 5.92 Å². The molecule has 0 aliphatic carbocycles. The van der Waals surface area contributed by atoms with Gasteiger partial charge in [0.05, 0.1) is 19.4 Å². The Bertz CT molecular complexity index is 1020. The van der Waals surface area contributed by atoms with Gasteiger partial charge in [0.2, 0.25) is 5.91 Å². The highest BCUT2D eigenvalue weighted by Crippen LogP contribution is 2.28. The molecular formula is C23H27N5O2S. The van der Waals surface area contributed by atoms with E-state index in [0.29, 0.717) is 18.2 Å². The van der Waals surface area contributed by atoms with E-state index < -0.39 is 0 Å². The first-order valence-electron chi connectivity index (χ1n) is 10.5. The van der Waals surface area contributed by atoms with E-state index in [0.717, 1.165) is 53.8 Å². The number of hydrogen-bond acceptors (Lipinski definition) is 6. The second kappa shape index (κ2) is 9.96. The van der Waals surface area contributed by atoms with Crippen molar-refractivity contribution in [3.63, 3.8) is 0 Å². The number of rotatable bonds is 7. The quantitative estimate of drug-likeness (QED) is 0.524. The molecule has 1 fully saturated rings. The predicted molar refractivity (Wildman–Crippen MR) is 121 cm³/mol. The minimum atomic E-state index is 0.161. The molecular weight excluding hydrogens is 410 g/mol. The van der Waals surface area contributed by atoms with Crippen LogP contribution < -0.4 is 4.74 Å². The molecule has 1 aromatic carbocycles. The number of piperidine rings is 1. The first-order valence-corrected chi connectivity index (χ1v) is 11.5. The van der Waals surface area contributed by atoms with Crippen molar-refractivity contribution in [2.24, 2.45) is 5.92 Å². The number of hydrogen-bond donors (Lipinski definition) is 0. The van der Waals surface area contributed by atoms with Crippen molar-refractivity contribution in [2.75, 3.05) is 26.0 Å². The van der Waals surface area contributed by atoms with Gasteiger partial charge in [0.1, 0.15) is 5.75 Å². The second-order valence-corrected chi connectivity index (χ2v) is 8.73. The molecule has 1 amide bonds. The Morgan fingerprint density at radius 2 is 1.87 bits per heavy atom. The molecule has 0 N–H and O–H groups in total. The Morgan fingerprint density at radius 3 is 2.61 bits per heavy atom. The number of benzene rings is 1. The topological polar surface area (TPSA) is 73.1 Å². The fourth-order valence-electron chi connectivity index (χ4n) is 3.73. The van der Waals surface area contributed by atoms with Crippen LogP contribution in [0.25, 0.3) is 11.4 Å². The number of nitrogens with zero attached hydrogens (tertiary/aromatic N) is 5. The van der Waals surface area contributed by atoms with Crippen molar-refractivity contribution in [1.82, 2.24) is 24.6 Å². The monoisotopic (exact) mass is 437 g/mol. The van der Waals surface area contributed by atoms with Crippen LogP contribution in [-0.4, -0.2) is 56.5 Å². The zero-order chi connectivity index (χ0) is 21.6. The van der Waals surface area contributed by atoms with Crippen LogP contribution >= 0.6 is 11.8 Å². The van der Waals surface area contributed by atoms with E-state index in [9.17, 15) is 4.79 Å². The molecule has 4 rings (SSSR count). The number of pyridine rings is 1. The zero-order valence-corrected chi connectivity index (χ0v) is 18.7. The van der Waals surface area contributed by atoms with Gasteiger partial charge >= 0.3 is 0 Å². The molecule has 1 saturated heterocycles. The number of likely N-dealkylation sites (tertiary alicyclic amines) is 1. The summed E-state index contributed by atoms with van der Waals surface area (Å²) >= 11 is 1.44. The molecule has 0 saturated carbocycles. The van der Waals surface area contributed by atoms with E-state index in [-0.39, 0.29) is 5.91 Å². The number of carbonyl (C=O) groups excluding carboxylic acids is 1. The number of aromatic nitrogens is 4. The van der Waals surface area contributed by atoms with E-state index in [1.165, 1.54) is 11.8 Å². The van der Waals surface area contributed by atoms with Gasteiger partial charge in [-0.15, -0.1) is 10.2 Å². The van der Waals surface area contributed by atoms with E-state index in [2.05, 4.69) is 22.1 Å². The third-order valence-electron chi connectivity index (χ3n) is 5.64. The minimum Gasteiger partial charge on any atom is -0.496 e. The largest absolute Gasteiger partial charge is 0.496 e. The molecule has 31 heavy (non-hydrogen) atoms. The van der Waals surface area contributed by atoms with Crippen molar-refractivity contribution in [2.45, 2.75) is 31.5 Å². The van der Waals surface area contributed by atoms with Crippen molar-refractivity contribution in [3.8, 4) is 17.1 Å². The molecule has 0 atom stereocenters. The van der Waals surface area contributed by atoms with Crippen LogP contribution in [0.5, 0.6) is 5.75 Å². The van der Waals surface area contributed by atoms with Crippen molar-refractivity contribution < 1.29 is 9.53 Å². The molecule has 3 heterocycles. The Balaban J connectivity index is 1.57. The Kier molecular flexibility index (Phi) is 6.86. The van der Waals surface area contributed by atoms with Gasteiger partial charge < -0.3 is 9.64 Å². The van der Waals surface area contributed by atoms with Gasteiger partial charge in [-0.1, -0.05) is 36.9 Å². The number of para-hydroxylation sites is 1. The number of thioether (sulfide) groups is 1. The Morgan fingerprint density at radius 1 is 1.13 bits per heavy atom. The van der Waals surface area contributed by atoms with E-state index in [4.69, 9.17) is 4.74 Å². The van der Waals surface area contributed by atoms with Crippen molar-refractivity contribution in [1.29, 1.82) is 0 Å². The average Bonchev–Trinajstić information content (AvgIpc) is 3.21. The first-order chi connectivity index (χ1) is 15.2. The molecule has 1 aliphatic rings. The zero-order valence-electron chi connectivity index (χ0n) is 17.9. The van der Waals surface area contributed by atoms with E-state index in [1.54, 1.807) is 19.5 Å². The molecule has 3 aromatic rings. The normalized spacial score (nSPS) is 14.6. The summed E-state index contributed by atoms with van der Waals surface area (Å²) in [6, 6.07) is 11.7. The molecule has 0 spiro atoms. The maximum Gasteiger partial charge on any atom is 0.233 e. The van der Waals surface area contributed by atoms with Crippen molar-refractivity contribution >= 4 is 17.7 Å². The van der Waals surface area contributed by atoms with Gasteiger partial charge in [-0.25, -0.2) is 0 Å². The number of ether oxygens (including phenoxy) is 1. The number of carbonyl (C=O) groups is 1. The predicted octanol–water partition coefficient (Wildman–Crippen LogP) is 3.75. The summed E-state index contributed by atoms with van der Waals surface area (Å²) in [5.41, 5.74) is 1.96. The van der Waals surface area contributed by atoms with Crippen LogP contribution in [0.1, 0.15) is 25.3 Å². The SMILES string of the molecule is COc1ccccc1Cn1c(SCC(=O)N2CCC(C)CC2)nnc1-c1ccncc1. The van der Waals surface area contributed by atoms with Gasteiger partial charge in [-0.3, -0.25) is 14.3 Å². The van der Waals surface area contributed by atoms with E-state index in [1.807, 2.05) is 45.9 Å². The lowest BCUT2D eigenvalue weighted by Crippen LogP contribution is -2.38. The highest BCUT2D eigenvalue weighted by Gasteiger charge is 2.22. The second-order valence-electron chi connectivity index (χ2n) is 7.79. The number of amides is 1. The minimum absolute atomic E-state index is 0.161. The lowest BCUT2D eigenvalue weighted by atomic mass is 9.99. The summed E-state index contributed by atoms with van der Waals surface area (Å²) in [6.07, 6.45) is 5.63. The Hall–Kier alpha value is -2.87. The molecule has 0 unspecified atom stereocenters. The van der Waals surface area contributed by atoms with Gasteiger partial charge in [-0.2, -0.15) is 0 Å². The number of methoxy groups -OCH3 is 1. The lowest BCUT2D eigenvalue weighted by molar-refractivity contribution is -0.129. The summed E-state index contributed by atoms with van der Waals surface area (Å²) in [5, 5.41) is 9.57. The molecule has 0 radical (unpaired) electrons. The van der Waals surface area contributed by atoms with Gasteiger partial charge in [0.25, 0.3) is 0 Å². The van der Waals surface area contributed by atoms with Crippen molar-refractivity contribution in [3.05, 3.63) is 54.4 Å². The van der Waals surface area contributed by atoms with Crippen LogP contribution in [0.4, 0.5) is 0 Å². The molecule has 0 bridgehead atoms. The molecule has 162 valence electrons. The molecule has 2 aromatic heterocycles. The standard InChI is InChI=1S/C23H27N5O2S/c1-17-9-13-27(14-10-17)21(29)16-31-23-26-25-22(18-7-11-24-12-8-18)28(23)15-19-5-3-4-6-20(19)30-2/h3-8,11-12,17H,9-10,13-16H2,1-2H3. The molecule has 1 aliphatic heterocycles. The lowest BCUT2D eigenvalue weighted by Gasteiger charge is -2.30. The Labute approximate surface area is 186 Å². The smallest absolute Gasteiger partial charge is 0.233 e. The average molecular weight is 438 g/mol.